The average Bonchev–Trinajstić information content (AvgIpc) is 2.90. The minimum absolute atomic E-state index is 0.176. The zero-order valence-electron chi connectivity index (χ0n) is 12.4. The molecule has 1 atom stereocenters. The van der Waals surface area contributed by atoms with Crippen LogP contribution in [0.25, 0.3) is 0 Å². The molecule has 0 radical (unpaired) electrons. The molecule has 3 heteroatoms. The number of nitrogens with one attached hydrogen (secondary N) is 1. The van der Waals surface area contributed by atoms with E-state index < -0.39 is 0 Å². The Balaban J connectivity index is 2.50. The van der Waals surface area contributed by atoms with Crippen LogP contribution in [0.4, 0.5) is 0 Å². The fourth-order valence-corrected chi connectivity index (χ4v) is 3.03. The molecule has 0 aliphatic carbocycles. The lowest BCUT2D eigenvalue weighted by molar-refractivity contribution is 0.526. The Morgan fingerprint density at radius 3 is 2.45 bits per heavy atom. The van der Waals surface area contributed by atoms with Gasteiger partial charge in [0, 0.05) is 5.56 Å². The van der Waals surface area contributed by atoms with E-state index in [9.17, 15) is 0 Å². The van der Waals surface area contributed by atoms with Crippen molar-refractivity contribution in [1.82, 2.24) is 5.32 Å². The molecule has 2 rings (SSSR count). The maximum atomic E-state index is 5.42. The maximum Gasteiger partial charge on any atom is 0.174 e. The van der Waals surface area contributed by atoms with Crippen molar-refractivity contribution in [3.8, 4) is 0 Å². The first kappa shape index (κ1) is 15.3. The van der Waals surface area contributed by atoms with Gasteiger partial charge in [-0.05, 0) is 58.1 Å². The van der Waals surface area contributed by atoms with Crippen LogP contribution in [0.2, 0.25) is 0 Å². The largest absolute Gasteiger partial charge is 0.457 e. The zero-order chi connectivity index (χ0) is 14.5. The Morgan fingerprint density at radius 1 is 1.10 bits per heavy atom. The molecule has 20 heavy (non-hydrogen) atoms. The first-order valence-electron chi connectivity index (χ1n) is 7.29. The standard InChI is InChI=1S/C17H22BrNO/c1-4-12-7-8-13(5-2)15(11-12)16(19-6-3)14-9-10-20-17(14)18/h7-11,16,19H,4-6H2,1-3H3. The van der Waals surface area contributed by atoms with Crippen molar-refractivity contribution in [3.05, 3.63) is 57.5 Å². The highest BCUT2D eigenvalue weighted by Crippen LogP contribution is 2.32. The summed E-state index contributed by atoms with van der Waals surface area (Å²) in [5.41, 5.74) is 5.28. The highest BCUT2D eigenvalue weighted by molar-refractivity contribution is 9.10. The number of furan rings is 1. The molecule has 0 saturated carbocycles. The van der Waals surface area contributed by atoms with Crippen LogP contribution < -0.4 is 5.32 Å². The molecule has 2 aromatic rings. The molecular weight excluding hydrogens is 314 g/mol. The summed E-state index contributed by atoms with van der Waals surface area (Å²) in [5.74, 6) is 0. The topological polar surface area (TPSA) is 25.2 Å². The second-order valence-corrected chi connectivity index (χ2v) is 5.60. The number of hydrogen-bond acceptors (Lipinski definition) is 2. The molecule has 1 aromatic heterocycles. The molecule has 108 valence electrons. The van der Waals surface area contributed by atoms with E-state index in [-0.39, 0.29) is 6.04 Å². The number of aryl methyl sites for hydroxylation is 2. The second-order valence-electron chi connectivity index (χ2n) is 4.88. The Bertz CT molecular complexity index is 562. The highest BCUT2D eigenvalue weighted by atomic mass is 79.9. The highest BCUT2D eigenvalue weighted by Gasteiger charge is 2.20. The average molecular weight is 336 g/mol. The summed E-state index contributed by atoms with van der Waals surface area (Å²) in [6.07, 6.45) is 3.83. The molecule has 0 aliphatic rings. The minimum Gasteiger partial charge on any atom is -0.457 e. The molecule has 1 unspecified atom stereocenters. The van der Waals surface area contributed by atoms with Gasteiger partial charge in [-0.3, -0.25) is 0 Å². The van der Waals surface area contributed by atoms with E-state index >= 15 is 0 Å². The summed E-state index contributed by atoms with van der Waals surface area (Å²) in [7, 11) is 0. The first-order valence-corrected chi connectivity index (χ1v) is 8.08. The normalized spacial score (nSPS) is 12.6. The second kappa shape index (κ2) is 7.09. The fraction of sp³-hybridized carbons (Fsp3) is 0.412. The van der Waals surface area contributed by atoms with E-state index in [1.165, 1.54) is 16.7 Å². The van der Waals surface area contributed by atoms with E-state index in [0.717, 1.165) is 29.6 Å². The Kier molecular flexibility index (Phi) is 5.44. The lowest BCUT2D eigenvalue weighted by Gasteiger charge is -2.21. The van der Waals surface area contributed by atoms with Crippen LogP contribution in [0.15, 0.2) is 39.6 Å². The van der Waals surface area contributed by atoms with Crippen molar-refractivity contribution < 1.29 is 4.42 Å². The summed E-state index contributed by atoms with van der Waals surface area (Å²) in [5, 5.41) is 3.58. The predicted octanol–water partition coefficient (Wildman–Crippen LogP) is 4.87. The van der Waals surface area contributed by atoms with Crippen molar-refractivity contribution in [2.24, 2.45) is 0 Å². The summed E-state index contributed by atoms with van der Waals surface area (Å²) in [4.78, 5) is 0. The van der Waals surface area contributed by atoms with E-state index in [1.807, 2.05) is 6.07 Å². The first-order chi connectivity index (χ1) is 9.71. The van der Waals surface area contributed by atoms with Crippen LogP contribution >= 0.6 is 15.9 Å². The van der Waals surface area contributed by atoms with E-state index in [2.05, 4.69) is 60.2 Å². The number of benzene rings is 1. The third kappa shape index (κ3) is 3.15. The molecule has 0 spiro atoms. The van der Waals surface area contributed by atoms with Gasteiger partial charge >= 0.3 is 0 Å². The maximum absolute atomic E-state index is 5.42. The lowest BCUT2D eigenvalue weighted by Crippen LogP contribution is -2.23. The minimum atomic E-state index is 0.176. The molecule has 1 N–H and O–H groups in total. The van der Waals surface area contributed by atoms with Gasteiger partial charge in [0.2, 0.25) is 0 Å². The van der Waals surface area contributed by atoms with Crippen molar-refractivity contribution in [2.75, 3.05) is 6.54 Å². The quantitative estimate of drug-likeness (QED) is 0.814. The molecule has 1 aromatic carbocycles. The van der Waals surface area contributed by atoms with Gasteiger partial charge in [0.25, 0.3) is 0 Å². The number of hydrogen-bond donors (Lipinski definition) is 1. The van der Waals surface area contributed by atoms with Crippen molar-refractivity contribution in [3.63, 3.8) is 0 Å². The van der Waals surface area contributed by atoms with Gasteiger partial charge in [-0.15, -0.1) is 0 Å². The van der Waals surface area contributed by atoms with Crippen LogP contribution in [0.3, 0.4) is 0 Å². The Hall–Kier alpha value is -1.06. The van der Waals surface area contributed by atoms with E-state index in [4.69, 9.17) is 4.42 Å². The van der Waals surface area contributed by atoms with Gasteiger partial charge in [0.15, 0.2) is 4.67 Å². The fourth-order valence-electron chi connectivity index (χ4n) is 2.56. The van der Waals surface area contributed by atoms with Gasteiger partial charge in [-0.25, -0.2) is 0 Å². The van der Waals surface area contributed by atoms with Crippen molar-refractivity contribution in [1.29, 1.82) is 0 Å². The van der Waals surface area contributed by atoms with Gasteiger partial charge in [0.1, 0.15) is 0 Å². The number of rotatable bonds is 6. The van der Waals surface area contributed by atoms with Crippen molar-refractivity contribution >= 4 is 15.9 Å². The SMILES string of the molecule is CCNC(c1cc(CC)ccc1CC)c1ccoc1Br. The molecular formula is C17H22BrNO. The summed E-state index contributed by atoms with van der Waals surface area (Å²) in [6.45, 7) is 7.46. The molecule has 0 saturated heterocycles. The lowest BCUT2D eigenvalue weighted by atomic mass is 9.92. The Labute approximate surface area is 129 Å². The zero-order valence-corrected chi connectivity index (χ0v) is 14.0. The van der Waals surface area contributed by atoms with Crippen LogP contribution in [0, 0.1) is 0 Å². The Morgan fingerprint density at radius 2 is 1.90 bits per heavy atom. The molecule has 0 aliphatic heterocycles. The van der Waals surface area contributed by atoms with Gasteiger partial charge in [-0.2, -0.15) is 0 Å². The van der Waals surface area contributed by atoms with E-state index in [1.54, 1.807) is 6.26 Å². The van der Waals surface area contributed by atoms with Gasteiger partial charge < -0.3 is 9.73 Å². The summed E-state index contributed by atoms with van der Waals surface area (Å²) >= 11 is 3.51. The molecule has 0 amide bonds. The van der Waals surface area contributed by atoms with E-state index in [0.29, 0.717) is 0 Å². The number of halogens is 1. The van der Waals surface area contributed by atoms with Gasteiger partial charge in [0.05, 0.1) is 12.3 Å². The van der Waals surface area contributed by atoms with Crippen LogP contribution in [-0.4, -0.2) is 6.54 Å². The third-order valence-corrected chi connectivity index (χ3v) is 4.32. The van der Waals surface area contributed by atoms with Crippen LogP contribution in [0.1, 0.15) is 49.1 Å². The third-order valence-electron chi connectivity index (χ3n) is 3.68. The van der Waals surface area contributed by atoms with Gasteiger partial charge in [-0.1, -0.05) is 39.0 Å². The van der Waals surface area contributed by atoms with Crippen molar-refractivity contribution in [2.45, 2.75) is 39.7 Å². The smallest absolute Gasteiger partial charge is 0.174 e. The molecule has 1 heterocycles. The molecule has 0 fully saturated rings. The van der Waals surface area contributed by atoms with Crippen LogP contribution in [-0.2, 0) is 12.8 Å². The summed E-state index contributed by atoms with van der Waals surface area (Å²) in [6, 6.07) is 9.03. The predicted molar refractivity (Wildman–Crippen MR) is 87.1 cm³/mol. The molecule has 0 bridgehead atoms. The summed E-state index contributed by atoms with van der Waals surface area (Å²) < 4.78 is 6.23. The monoisotopic (exact) mass is 335 g/mol. The molecule has 2 nitrogen and oxygen atoms in total. The van der Waals surface area contributed by atoms with Crippen LogP contribution in [0.5, 0.6) is 0 Å².